The Labute approximate surface area is 229 Å². The summed E-state index contributed by atoms with van der Waals surface area (Å²) in [6, 6.07) is 0. The molecule has 3 heterocycles. The minimum absolute atomic E-state index is 1.18. The van der Waals surface area contributed by atoms with Crippen LogP contribution in [-0.4, -0.2) is 192 Å². The van der Waals surface area contributed by atoms with Gasteiger partial charge in [-0.25, -0.2) is 0 Å². The molecule has 41 heavy (non-hydrogen) atoms. The molecule has 3 saturated heterocycles. The fourth-order valence-corrected chi connectivity index (χ4v) is 5.71. The minimum Gasteiger partial charge on any atom is -0.394 e. The van der Waals surface area contributed by atoms with Crippen molar-refractivity contribution in [1.29, 1.82) is 0 Å². The minimum atomic E-state index is -6.16. The first-order chi connectivity index (χ1) is 18.8. The molecule has 16 N–H and O–H groups in total. The van der Waals surface area contributed by atoms with E-state index in [0.29, 0.717) is 0 Å². The van der Waals surface area contributed by atoms with Crippen LogP contribution in [0.3, 0.4) is 0 Å². The largest absolute Gasteiger partial charge is 0.589 e. The summed E-state index contributed by atoms with van der Waals surface area (Å²) in [5.41, 5.74) is 0. The van der Waals surface area contributed by atoms with Gasteiger partial charge in [0.05, 0.1) is 19.8 Å². The van der Waals surface area contributed by atoms with Crippen molar-refractivity contribution < 1.29 is 109 Å². The van der Waals surface area contributed by atoms with Gasteiger partial charge in [-0.05, 0) is 0 Å². The van der Waals surface area contributed by atoms with Crippen molar-refractivity contribution in [3.05, 3.63) is 0 Å². The van der Waals surface area contributed by atoms with Gasteiger partial charge in [-0.3, -0.25) is 0 Å². The zero-order valence-electron chi connectivity index (χ0n) is 20.6. The van der Waals surface area contributed by atoms with Crippen LogP contribution >= 0.6 is 8.17 Å². The third-order valence-electron chi connectivity index (χ3n) is 6.52. The fraction of sp³-hybridized carbons (Fsp3) is 1.00. The third kappa shape index (κ3) is 6.51. The highest BCUT2D eigenvalue weighted by atomic mass is 31.2. The molecule has 3 rings (SSSR count). The Kier molecular flexibility index (Phi) is 10.7. The van der Waals surface area contributed by atoms with Crippen molar-refractivity contribution in [2.45, 2.75) is 91.2 Å². The van der Waals surface area contributed by atoms with Crippen molar-refractivity contribution >= 4 is 8.17 Å². The maximum atomic E-state index is 11.2. The molecule has 0 spiro atoms. The summed E-state index contributed by atoms with van der Waals surface area (Å²) in [4.78, 5) is 11.2. The predicted molar refractivity (Wildman–Crippen MR) is 117 cm³/mol. The van der Waals surface area contributed by atoms with E-state index in [-0.39, 0.29) is 0 Å². The summed E-state index contributed by atoms with van der Waals surface area (Å²) >= 11 is 0. The molecule has 0 bridgehead atoms. The maximum absolute atomic E-state index is 11.2. The van der Waals surface area contributed by atoms with Crippen molar-refractivity contribution in [3.8, 4) is 0 Å². The monoisotopic (exact) mass is 633 g/mol. The first-order valence-corrected chi connectivity index (χ1v) is 13.2. The summed E-state index contributed by atoms with van der Waals surface area (Å²) < 4.78 is 28.5. The third-order valence-corrected chi connectivity index (χ3v) is 8.00. The molecule has 242 valence electrons. The van der Waals surface area contributed by atoms with Crippen LogP contribution in [0.25, 0.3) is 0 Å². The lowest BCUT2D eigenvalue weighted by Crippen LogP contribution is -2.69. The lowest BCUT2D eigenvalue weighted by atomic mass is 9.98. The van der Waals surface area contributed by atoms with Gasteiger partial charge in [-0.1, -0.05) is 13.6 Å². The van der Waals surface area contributed by atoms with Gasteiger partial charge in [0, 0.05) is 0 Å². The van der Waals surface area contributed by atoms with E-state index in [2.05, 4.69) is 0 Å². The van der Waals surface area contributed by atoms with Crippen LogP contribution in [0, 0.1) is 0 Å². The van der Waals surface area contributed by atoms with E-state index in [4.69, 9.17) is 27.8 Å². The van der Waals surface area contributed by atoms with E-state index in [1.54, 1.807) is 0 Å². The van der Waals surface area contributed by atoms with Crippen molar-refractivity contribution in [2.24, 2.45) is 0 Å². The highest BCUT2D eigenvalue weighted by Crippen LogP contribution is 2.67. The topological polar surface area (TPSA) is 379 Å². The summed E-state index contributed by atoms with van der Waals surface area (Å²) in [5, 5.41) is 152. The average molecular weight is 633 g/mol. The summed E-state index contributed by atoms with van der Waals surface area (Å²) in [6.45, 7) is -3.55. The number of ether oxygens (including phenoxy) is 3. The van der Waals surface area contributed by atoms with Gasteiger partial charge in [-0.15, -0.1) is 0 Å². The number of hydrogen-bond acceptors (Lipinski definition) is 22. The Morgan fingerprint density at radius 2 is 0.683 bits per heavy atom. The van der Waals surface area contributed by atoms with Gasteiger partial charge >= 0.3 is 26.1 Å². The maximum Gasteiger partial charge on any atom is 0.589 e. The van der Waals surface area contributed by atoms with E-state index in [0.717, 1.165) is 0 Å². The van der Waals surface area contributed by atoms with Crippen molar-refractivity contribution in [1.82, 2.24) is 0 Å². The second-order valence-electron chi connectivity index (χ2n) is 9.43. The summed E-state index contributed by atoms with van der Waals surface area (Å²) in [5.74, 6) is -11.5. The lowest BCUT2D eigenvalue weighted by molar-refractivity contribution is -0.464. The van der Waals surface area contributed by atoms with Gasteiger partial charge in [0.15, 0.2) is 18.3 Å². The molecule has 3 unspecified atom stereocenters. The number of hydrogen-bond donors (Lipinski definition) is 16. The molecule has 23 heteroatoms. The molecule has 0 aromatic rings. The normalized spacial score (nSPS) is 52.7. The quantitative estimate of drug-likeness (QED) is 0.0827. The molecule has 0 radical (unpaired) electrons. The van der Waals surface area contributed by atoms with Crippen LogP contribution in [0.15, 0.2) is 0 Å². The van der Waals surface area contributed by atoms with Gasteiger partial charge < -0.3 is 90.8 Å². The SMILES string of the molecule is OC[C@H]1OC(O)(O[P+](O)(OC2(O)O[C@H](CO)[C@H](O)[C@H](O)[C@H]2O)OC2(O)O[C@H](CO)[C@H](O)[C@H](O)[C@H]2O)[C@H](O)[C@@H](O)[C@H]1O. The second kappa shape index (κ2) is 12.5. The molecule has 3 aliphatic heterocycles. The Bertz CT molecular complexity index is 774. The molecule has 3 fully saturated rings. The average Bonchev–Trinajstić information content (AvgIpc) is 2.91. The van der Waals surface area contributed by atoms with Crippen LogP contribution in [0.4, 0.5) is 0 Å². The summed E-state index contributed by atoms with van der Waals surface area (Å²) in [7, 11) is -6.16. The van der Waals surface area contributed by atoms with Crippen LogP contribution in [0.1, 0.15) is 0 Å². The molecule has 3 aliphatic rings. The smallest absolute Gasteiger partial charge is 0.394 e. The Morgan fingerprint density at radius 1 is 0.463 bits per heavy atom. The molecular weight excluding hydrogens is 599 g/mol. The molecule has 15 atom stereocenters. The Hall–Kier alpha value is -0.450. The zero-order chi connectivity index (χ0) is 31.3. The van der Waals surface area contributed by atoms with E-state index in [1.165, 1.54) is 0 Å². The molecule has 0 aromatic carbocycles. The molecule has 0 aliphatic carbocycles. The van der Waals surface area contributed by atoms with Crippen LogP contribution in [0.5, 0.6) is 0 Å². The van der Waals surface area contributed by atoms with Crippen molar-refractivity contribution in [3.63, 3.8) is 0 Å². The first-order valence-electron chi connectivity index (χ1n) is 11.7. The standard InChI is InChI=1S/C18H34O22P/c19-1-4-7(22)10(25)13(28)16(31,35-4)38-41(34,39-17(32)14(29)11(26)8(23)5(2-20)36-17)40-18(33)15(30)12(27)9(24)6(3-21)37-18/h4-15,19-34H,1-3H2/q+1/t4-,5-,6-,7+,8+,9+,10+,11+,12+,13-,14-,15-,16?,17?,18?,41?/m1/s1. The molecule has 0 aromatic heterocycles. The number of aliphatic hydroxyl groups excluding tert-OH is 12. The predicted octanol–water partition coefficient (Wildman–Crippen LogP) is -9.93. The highest BCUT2D eigenvalue weighted by molar-refractivity contribution is 7.55. The van der Waals surface area contributed by atoms with E-state index in [1.807, 2.05) is 0 Å². The first kappa shape index (κ1) is 35.0. The Balaban J connectivity index is 2.06. The van der Waals surface area contributed by atoms with Crippen LogP contribution in [-0.2, 0) is 27.8 Å². The van der Waals surface area contributed by atoms with Crippen molar-refractivity contribution in [2.75, 3.05) is 19.8 Å². The van der Waals surface area contributed by atoms with Gasteiger partial charge in [0.2, 0.25) is 0 Å². The second-order valence-corrected chi connectivity index (χ2v) is 10.9. The molecule has 0 amide bonds. The van der Waals surface area contributed by atoms with Gasteiger partial charge in [-0.2, -0.15) is 4.89 Å². The van der Waals surface area contributed by atoms with Gasteiger partial charge in [0.1, 0.15) is 54.9 Å². The zero-order valence-corrected chi connectivity index (χ0v) is 21.5. The van der Waals surface area contributed by atoms with Crippen LogP contribution in [0.2, 0.25) is 0 Å². The molecule has 0 saturated carbocycles. The number of rotatable bonds is 9. The molecular formula is C18H34O22P+. The van der Waals surface area contributed by atoms with E-state index in [9.17, 15) is 81.5 Å². The fourth-order valence-electron chi connectivity index (χ4n) is 4.15. The molecule has 22 nitrogen and oxygen atoms in total. The van der Waals surface area contributed by atoms with E-state index < -0.39 is 119 Å². The van der Waals surface area contributed by atoms with Gasteiger partial charge in [0.25, 0.3) is 0 Å². The van der Waals surface area contributed by atoms with E-state index >= 15 is 0 Å². The number of aliphatic hydroxyl groups is 15. The van der Waals surface area contributed by atoms with Crippen LogP contribution < -0.4 is 0 Å². The lowest BCUT2D eigenvalue weighted by Gasteiger charge is -2.47. The Morgan fingerprint density at radius 3 is 0.878 bits per heavy atom. The highest BCUT2D eigenvalue weighted by Gasteiger charge is 2.73. The summed E-state index contributed by atoms with van der Waals surface area (Å²) in [6.07, 6.45) is -28.0.